The van der Waals surface area contributed by atoms with Crippen molar-refractivity contribution in [3.8, 4) is 17.5 Å². The van der Waals surface area contributed by atoms with E-state index in [0.29, 0.717) is 23.6 Å². The van der Waals surface area contributed by atoms with Crippen LogP contribution in [0, 0.1) is 11.3 Å². The van der Waals surface area contributed by atoms with Gasteiger partial charge in [-0.25, -0.2) is 19.3 Å². The summed E-state index contributed by atoms with van der Waals surface area (Å²) >= 11 is 0. The molecular weight excluding hydrogens is 406 g/mol. The lowest BCUT2D eigenvalue weighted by atomic mass is 10.1. The fraction of sp³-hybridized carbons (Fsp3) is 0.409. The average Bonchev–Trinajstić information content (AvgIpc) is 3.35. The highest BCUT2D eigenvalue weighted by Gasteiger charge is 2.24. The molecule has 1 atom stereocenters. The van der Waals surface area contributed by atoms with Crippen molar-refractivity contribution in [2.24, 2.45) is 0 Å². The van der Waals surface area contributed by atoms with E-state index < -0.39 is 0 Å². The number of nitriles is 1. The van der Waals surface area contributed by atoms with E-state index >= 15 is 0 Å². The van der Waals surface area contributed by atoms with E-state index in [0.717, 1.165) is 49.1 Å². The minimum atomic E-state index is -0.0476. The molecule has 0 unspecified atom stereocenters. The van der Waals surface area contributed by atoms with Crippen LogP contribution in [0.15, 0.2) is 35.5 Å². The SMILES string of the molecule is CN(C)CCn1c(=O)n([C@H]2CCCNC2)c2nc(-c3cnn4ccc(C#N)cc34)ncc21. The van der Waals surface area contributed by atoms with Crippen LogP contribution in [0.1, 0.15) is 24.4 Å². The van der Waals surface area contributed by atoms with Gasteiger partial charge in [0, 0.05) is 25.8 Å². The lowest BCUT2D eigenvalue weighted by Crippen LogP contribution is -2.37. The Morgan fingerprint density at radius 2 is 2.19 bits per heavy atom. The Balaban J connectivity index is 1.69. The molecule has 0 spiro atoms. The van der Waals surface area contributed by atoms with Gasteiger partial charge in [-0.2, -0.15) is 10.4 Å². The van der Waals surface area contributed by atoms with Crippen LogP contribution in [0.4, 0.5) is 0 Å². The zero-order valence-corrected chi connectivity index (χ0v) is 18.2. The number of rotatable bonds is 5. The highest BCUT2D eigenvalue weighted by molar-refractivity contribution is 5.80. The molecule has 0 amide bonds. The van der Waals surface area contributed by atoms with E-state index in [2.05, 4.69) is 26.4 Å². The summed E-state index contributed by atoms with van der Waals surface area (Å²) in [6.07, 6.45) is 7.13. The Bertz CT molecular complexity index is 1380. The predicted molar refractivity (Wildman–Crippen MR) is 120 cm³/mol. The number of pyridine rings is 1. The minimum absolute atomic E-state index is 0.0476. The number of hydrogen-bond acceptors (Lipinski definition) is 7. The summed E-state index contributed by atoms with van der Waals surface area (Å²) in [7, 11) is 3.98. The molecule has 5 rings (SSSR count). The topological polar surface area (TPSA) is 109 Å². The molecule has 0 aromatic carbocycles. The number of piperidine rings is 1. The van der Waals surface area contributed by atoms with Gasteiger partial charge >= 0.3 is 5.69 Å². The average molecular weight is 432 g/mol. The van der Waals surface area contributed by atoms with Crippen LogP contribution >= 0.6 is 0 Å². The van der Waals surface area contributed by atoms with Gasteiger partial charge in [0.2, 0.25) is 0 Å². The van der Waals surface area contributed by atoms with E-state index in [1.165, 1.54) is 0 Å². The van der Waals surface area contributed by atoms with Gasteiger partial charge in [0.25, 0.3) is 0 Å². The molecule has 4 aromatic heterocycles. The molecule has 0 saturated carbocycles. The zero-order valence-electron chi connectivity index (χ0n) is 18.2. The van der Waals surface area contributed by atoms with Crippen LogP contribution in [-0.4, -0.2) is 67.3 Å². The molecule has 4 aromatic rings. The fourth-order valence-electron chi connectivity index (χ4n) is 4.31. The third kappa shape index (κ3) is 3.45. The first kappa shape index (κ1) is 20.4. The summed E-state index contributed by atoms with van der Waals surface area (Å²) in [6.45, 7) is 3.03. The Kier molecular flexibility index (Phi) is 5.20. The van der Waals surface area contributed by atoms with Gasteiger partial charge in [0.1, 0.15) is 5.52 Å². The maximum atomic E-state index is 13.5. The summed E-state index contributed by atoms with van der Waals surface area (Å²) < 4.78 is 5.30. The van der Waals surface area contributed by atoms with E-state index in [4.69, 9.17) is 4.98 Å². The molecule has 164 valence electrons. The number of nitrogens with zero attached hydrogens (tertiary/aromatic N) is 8. The number of nitrogens with one attached hydrogen (secondary N) is 1. The van der Waals surface area contributed by atoms with Crippen LogP contribution < -0.4 is 11.0 Å². The van der Waals surface area contributed by atoms with Crippen molar-refractivity contribution in [2.45, 2.75) is 25.4 Å². The lowest BCUT2D eigenvalue weighted by molar-refractivity contribution is 0.357. The van der Waals surface area contributed by atoms with Crippen LogP contribution in [0.5, 0.6) is 0 Å². The molecule has 1 N–H and O–H groups in total. The molecule has 1 aliphatic rings. The van der Waals surface area contributed by atoms with Crippen molar-refractivity contribution in [3.63, 3.8) is 0 Å². The van der Waals surface area contributed by atoms with Crippen molar-refractivity contribution in [1.29, 1.82) is 5.26 Å². The minimum Gasteiger partial charge on any atom is -0.315 e. The lowest BCUT2D eigenvalue weighted by Gasteiger charge is -2.23. The highest BCUT2D eigenvalue weighted by atomic mass is 16.1. The third-order valence-corrected chi connectivity index (χ3v) is 6.00. The van der Waals surface area contributed by atoms with Crippen LogP contribution in [0.25, 0.3) is 28.1 Å². The van der Waals surface area contributed by atoms with Gasteiger partial charge in [-0.15, -0.1) is 0 Å². The Morgan fingerprint density at radius 1 is 1.31 bits per heavy atom. The van der Waals surface area contributed by atoms with Crippen LogP contribution in [-0.2, 0) is 6.54 Å². The van der Waals surface area contributed by atoms with Crippen LogP contribution in [0.2, 0.25) is 0 Å². The molecule has 0 radical (unpaired) electrons. The molecule has 5 heterocycles. The fourth-order valence-corrected chi connectivity index (χ4v) is 4.31. The normalized spacial score (nSPS) is 16.8. The maximum absolute atomic E-state index is 13.5. The summed E-state index contributed by atoms with van der Waals surface area (Å²) in [5.41, 5.74) is 3.35. The van der Waals surface area contributed by atoms with Gasteiger partial charge in [-0.05, 0) is 45.6 Å². The highest BCUT2D eigenvalue weighted by Crippen LogP contribution is 2.26. The van der Waals surface area contributed by atoms with E-state index in [-0.39, 0.29) is 11.7 Å². The molecule has 0 bridgehead atoms. The second kappa shape index (κ2) is 8.18. The summed E-state index contributed by atoms with van der Waals surface area (Å²) in [6, 6.07) is 5.70. The van der Waals surface area contributed by atoms with Crippen molar-refractivity contribution >= 4 is 16.7 Å². The van der Waals surface area contributed by atoms with E-state index in [9.17, 15) is 10.1 Å². The molecule has 10 heteroatoms. The molecular formula is C22H25N9O. The molecule has 1 aliphatic heterocycles. The first-order chi connectivity index (χ1) is 15.6. The van der Waals surface area contributed by atoms with Crippen molar-refractivity contribution in [1.82, 2.24) is 38.9 Å². The molecule has 0 aliphatic carbocycles. The summed E-state index contributed by atoms with van der Waals surface area (Å²) in [4.78, 5) is 25.0. The summed E-state index contributed by atoms with van der Waals surface area (Å²) in [5.74, 6) is 0.491. The third-order valence-electron chi connectivity index (χ3n) is 6.00. The summed E-state index contributed by atoms with van der Waals surface area (Å²) in [5, 5.41) is 17.1. The van der Waals surface area contributed by atoms with Gasteiger partial charge in [0.15, 0.2) is 11.5 Å². The smallest absolute Gasteiger partial charge is 0.315 e. The van der Waals surface area contributed by atoms with Gasteiger partial charge < -0.3 is 10.2 Å². The van der Waals surface area contributed by atoms with Crippen LogP contribution in [0.3, 0.4) is 0 Å². The van der Waals surface area contributed by atoms with Crippen molar-refractivity contribution < 1.29 is 0 Å². The Morgan fingerprint density at radius 3 is 2.94 bits per heavy atom. The number of aromatic nitrogens is 6. The van der Waals surface area contributed by atoms with Crippen molar-refractivity contribution in [2.75, 3.05) is 33.7 Å². The Hall–Kier alpha value is -3.55. The molecule has 1 fully saturated rings. The van der Waals surface area contributed by atoms with Gasteiger partial charge in [0.05, 0.1) is 41.1 Å². The second-order valence-corrected chi connectivity index (χ2v) is 8.43. The first-order valence-electron chi connectivity index (χ1n) is 10.8. The van der Waals surface area contributed by atoms with E-state index in [1.807, 2.05) is 18.7 Å². The largest absolute Gasteiger partial charge is 0.330 e. The maximum Gasteiger partial charge on any atom is 0.330 e. The predicted octanol–water partition coefficient (Wildman–Crippen LogP) is 1.27. The number of hydrogen-bond donors (Lipinski definition) is 1. The van der Waals surface area contributed by atoms with E-state index in [1.54, 1.807) is 39.8 Å². The molecule has 1 saturated heterocycles. The quantitative estimate of drug-likeness (QED) is 0.507. The Labute approximate surface area is 184 Å². The zero-order chi connectivity index (χ0) is 22.2. The molecule has 10 nitrogen and oxygen atoms in total. The molecule has 32 heavy (non-hydrogen) atoms. The standard InChI is InChI=1S/C22H25N9O/c1-28(2)8-9-29-19-14-25-20(17-13-26-30-7-5-15(11-23)10-18(17)30)27-21(19)31(22(29)32)16-4-3-6-24-12-16/h5,7,10,13-14,16,24H,3-4,6,8-9,12H2,1-2H3/t16-/m0/s1. The second-order valence-electron chi connectivity index (χ2n) is 8.43. The van der Waals surface area contributed by atoms with Crippen molar-refractivity contribution in [3.05, 3.63) is 46.8 Å². The van der Waals surface area contributed by atoms with Gasteiger partial charge in [-0.3, -0.25) is 9.13 Å². The number of fused-ring (bicyclic) bond motifs is 2. The van der Waals surface area contributed by atoms with Gasteiger partial charge in [-0.1, -0.05) is 0 Å². The number of likely N-dealkylation sites (N-methyl/N-ethyl adjacent to an activating group) is 1. The number of imidazole rings is 1. The monoisotopic (exact) mass is 431 g/mol. The first-order valence-corrected chi connectivity index (χ1v) is 10.8.